The summed E-state index contributed by atoms with van der Waals surface area (Å²) in [5.41, 5.74) is 7.29. The molecule has 1 aromatic heterocycles. The number of nitrogens with one attached hydrogen (secondary N) is 4. The molecule has 4 aromatic carbocycles. The molecule has 1 aliphatic heterocycles. The normalized spacial score (nSPS) is 16.4. The van der Waals surface area contributed by atoms with Crippen LogP contribution in [-0.4, -0.2) is 89.2 Å². The molecule has 0 saturated carbocycles. The van der Waals surface area contributed by atoms with Crippen molar-refractivity contribution in [1.29, 1.82) is 0 Å². The fourth-order valence-electron chi connectivity index (χ4n) is 8.54. The number of unbranched alkanes of at least 4 members (excludes halogenated alkanes) is 2. The average molecular weight is 933 g/mol. The lowest BCUT2D eigenvalue weighted by atomic mass is 9.85. The molecule has 67 heavy (non-hydrogen) atoms. The Morgan fingerprint density at radius 3 is 2.21 bits per heavy atom. The number of carbonyl (C=O) groups is 5. The molecule has 1 aliphatic carbocycles. The Morgan fingerprint density at radius 2 is 1.55 bits per heavy atom. The largest absolute Gasteiger partial charge is 0.493 e. The Bertz CT molecular complexity index is 2550. The van der Waals surface area contributed by atoms with E-state index < -0.39 is 65.1 Å². The van der Waals surface area contributed by atoms with Gasteiger partial charge in [0.25, 0.3) is 5.91 Å². The first-order valence-electron chi connectivity index (χ1n) is 22.5. The van der Waals surface area contributed by atoms with Crippen molar-refractivity contribution < 1.29 is 42.9 Å². The average Bonchev–Trinajstić information content (AvgIpc) is 4.00. The lowest BCUT2D eigenvalue weighted by Gasteiger charge is -2.35. The summed E-state index contributed by atoms with van der Waals surface area (Å²) in [6.45, 7) is 9.27. The van der Waals surface area contributed by atoms with E-state index in [-0.39, 0.29) is 50.1 Å². The van der Waals surface area contributed by atoms with Gasteiger partial charge in [0.1, 0.15) is 35.8 Å². The van der Waals surface area contributed by atoms with E-state index in [1.165, 1.54) is 17.0 Å². The molecule has 0 unspecified atom stereocenters. The summed E-state index contributed by atoms with van der Waals surface area (Å²) in [4.78, 5) is 73.9. The standard InChI is InChI=1S/C51H57FN6O8S/c1-30(32-20-22-33(23-21-32)45-31(2)53-29-67-45)54-47(61)40-26-34(59)27-58(40)49(63)46(51(3,4)5)55-42(60)28-65-24-11-6-12-25-66-41-19-13-18-39(52)43(41)48(62)57-50(64)56-44-37-16-9-7-14-35(37)36-15-8-10-17-38(36)44/h7-10,13-23,29-30,34,40,44,46,59H,6,11-12,24-28H2,1-5H3,(H,54,61)(H,55,60)(H2,56,57,62,64)/t30-,34+,40-,46+/m0/s1. The zero-order chi connectivity index (χ0) is 47.8. The van der Waals surface area contributed by atoms with Crippen molar-refractivity contribution in [3.8, 4) is 27.3 Å². The number of urea groups is 1. The molecule has 1 saturated heterocycles. The summed E-state index contributed by atoms with van der Waals surface area (Å²) < 4.78 is 26.5. The number of thiazole rings is 1. The van der Waals surface area contributed by atoms with Crippen LogP contribution in [0.15, 0.2) is 96.5 Å². The van der Waals surface area contributed by atoms with E-state index in [1.807, 2.05) is 107 Å². The number of β-amino-alcohol motifs (C(OH)–C–C–N with tert-alkyl or cyclic N) is 1. The molecule has 2 aliphatic rings. The minimum Gasteiger partial charge on any atom is -0.493 e. The number of halogens is 1. The summed E-state index contributed by atoms with van der Waals surface area (Å²) in [6, 6.07) is 23.7. The van der Waals surface area contributed by atoms with E-state index in [0.29, 0.717) is 19.3 Å². The van der Waals surface area contributed by atoms with Gasteiger partial charge in [-0.2, -0.15) is 0 Å². The number of carbonyl (C=O) groups excluding carboxylic acids is 5. The van der Waals surface area contributed by atoms with Crippen molar-refractivity contribution in [2.24, 2.45) is 5.41 Å². The number of nitrogens with zero attached hydrogens (tertiary/aromatic N) is 2. The quantitative estimate of drug-likeness (QED) is 0.0592. The topological polar surface area (TPSA) is 188 Å². The monoisotopic (exact) mass is 932 g/mol. The van der Waals surface area contributed by atoms with E-state index in [0.717, 1.165) is 50.0 Å². The molecule has 0 spiro atoms. The van der Waals surface area contributed by atoms with Gasteiger partial charge in [-0.3, -0.25) is 24.5 Å². The van der Waals surface area contributed by atoms with Gasteiger partial charge in [-0.05, 0) is 84.0 Å². The lowest BCUT2D eigenvalue weighted by molar-refractivity contribution is -0.144. The highest BCUT2D eigenvalue weighted by molar-refractivity contribution is 7.13. The Morgan fingerprint density at radius 1 is 0.881 bits per heavy atom. The maximum absolute atomic E-state index is 15.0. The fraction of sp³-hybridized carbons (Fsp3) is 0.373. The Kier molecular flexibility index (Phi) is 15.5. The smallest absolute Gasteiger partial charge is 0.322 e. The third kappa shape index (κ3) is 11.6. The van der Waals surface area contributed by atoms with Crippen molar-refractivity contribution in [3.05, 3.63) is 130 Å². The summed E-state index contributed by atoms with van der Waals surface area (Å²) in [7, 11) is 0. The van der Waals surface area contributed by atoms with Crippen LogP contribution >= 0.6 is 11.3 Å². The molecule has 6 amide bonds. The highest BCUT2D eigenvalue weighted by Gasteiger charge is 2.45. The second-order valence-electron chi connectivity index (χ2n) is 18.0. The Hall–Kier alpha value is -6.49. The number of aliphatic hydroxyl groups is 1. The number of imide groups is 1. The zero-order valence-electron chi connectivity index (χ0n) is 38.3. The van der Waals surface area contributed by atoms with Crippen LogP contribution in [0, 0.1) is 18.2 Å². The van der Waals surface area contributed by atoms with Crippen molar-refractivity contribution in [2.75, 3.05) is 26.4 Å². The van der Waals surface area contributed by atoms with Gasteiger partial charge in [0, 0.05) is 19.6 Å². The van der Waals surface area contributed by atoms with Crippen molar-refractivity contribution in [3.63, 3.8) is 0 Å². The molecule has 352 valence electrons. The van der Waals surface area contributed by atoms with Gasteiger partial charge in [0.2, 0.25) is 17.7 Å². The molecular weight excluding hydrogens is 876 g/mol. The number of benzene rings is 4. The van der Waals surface area contributed by atoms with Crippen LogP contribution in [0.4, 0.5) is 9.18 Å². The number of rotatable bonds is 17. The summed E-state index contributed by atoms with van der Waals surface area (Å²) in [5, 5.41) is 21.6. The molecule has 0 radical (unpaired) electrons. The molecule has 14 nitrogen and oxygen atoms in total. The van der Waals surface area contributed by atoms with Gasteiger partial charge in [-0.25, -0.2) is 14.2 Å². The van der Waals surface area contributed by atoms with E-state index in [2.05, 4.69) is 26.3 Å². The number of aryl methyl sites for hydroxylation is 1. The first-order chi connectivity index (χ1) is 32.1. The van der Waals surface area contributed by atoms with Crippen LogP contribution in [0.2, 0.25) is 0 Å². The minimum atomic E-state index is -1.01. The second kappa shape index (κ2) is 21.4. The molecule has 5 aromatic rings. The number of hydrogen-bond acceptors (Lipinski definition) is 10. The molecule has 0 bridgehead atoms. The fourth-order valence-corrected chi connectivity index (χ4v) is 9.35. The molecule has 1 fully saturated rings. The highest BCUT2D eigenvalue weighted by Crippen LogP contribution is 2.43. The van der Waals surface area contributed by atoms with Crippen molar-refractivity contribution >= 4 is 41.0 Å². The Labute approximate surface area is 393 Å². The van der Waals surface area contributed by atoms with Gasteiger partial charge in [0.05, 0.1) is 40.9 Å². The molecule has 4 atom stereocenters. The molecule has 2 heterocycles. The maximum Gasteiger partial charge on any atom is 0.322 e. The van der Waals surface area contributed by atoms with Crippen molar-refractivity contribution in [1.82, 2.24) is 31.2 Å². The molecule has 16 heteroatoms. The van der Waals surface area contributed by atoms with Crippen LogP contribution < -0.4 is 26.0 Å². The van der Waals surface area contributed by atoms with E-state index in [9.17, 15) is 29.1 Å². The Balaban J connectivity index is 0.836. The van der Waals surface area contributed by atoms with Gasteiger partial charge in [-0.15, -0.1) is 11.3 Å². The van der Waals surface area contributed by atoms with E-state index >= 15 is 4.39 Å². The predicted octanol–water partition coefficient (Wildman–Crippen LogP) is 7.40. The van der Waals surface area contributed by atoms with Gasteiger partial charge in [-0.1, -0.05) is 99.6 Å². The third-order valence-corrected chi connectivity index (χ3v) is 13.0. The van der Waals surface area contributed by atoms with Crippen LogP contribution in [0.1, 0.15) is 98.2 Å². The molecular formula is C51H57FN6O8S. The summed E-state index contributed by atoms with van der Waals surface area (Å²) in [5.74, 6) is -3.17. The van der Waals surface area contributed by atoms with Crippen LogP contribution in [0.5, 0.6) is 5.75 Å². The molecule has 5 N–H and O–H groups in total. The predicted molar refractivity (Wildman–Crippen MR) is 253 cm³/mol. The van der Waals surface area contributed by atoms with E-state index in [1.54, 1.807) is 16.8 Å². The third-order valence-electron chi connectivity index (χ3n) is 12.0. The highest BCUT2D eigenvalue weighted by atomic mass is 32.1. The van der Waals surface area contributed by atoms with Gasteiger partial charge >= 0.3 is 6.03 Å². The summed E-state index contributed by atoms with van der Waals surface area (Å²) in [6.07, 6.45) is 0.849. The summed E-state index contributed by atoms with van der Waals surface area (Å²) >= 11 is 1.56. The number of fused-ring (bicyclic) bond motifs is 3. The SMILES string of the molecule is Cc1ncsc1-c1ccc([C@H](C)NC(=O)[C@@H]2C[C@@H](O)CN2C(=O)[C@@H](NC(=O)COCCCCCOc2cccc(F)c2C(=O)NC(=O)NC2c3ccccc3-c3ccccc32)C(C)(C)C)cc1. The number of likely N-dealkylation sites (tertiary alicyclic amines) is 1. The lowest BCUT2D eigenvalue weighted by Crippen LogP contribution is -2.58. The zero-order valence-corrected chi connectivity index (χ0v) is 39.1. The van der Waals surface area contributed by atoms with Gasteiger partial charge in [0.15, 0.2) is 0 Å². The first kappa shape index (κ1) is 48.4. The first-order valence-corrected chi connectivity index (χ1v) is 23.4. The van der Waals surface area contributed by atoms with Gasteiger partial charge < -0.3 is 35.4 Å². The second-order valence-corrected chi connectivity index (χ2v) is 18.8. The number of hydrogen-bond donors (Lipinski definition) is 5. The number of aliphatic hydroxyl groups excluding tert-OH is 1. The van der Waals surface area contributed by atoms with Crippen LogP contribution in [0.25, 0.3) is 21.6 Å². The minimum absolute atomic E-state index is 0.00756. The van der Waals surface area contributed by atoms with E-state index in [4.69, 9.17) is 9.47 Å². The number of ether oxygens (including phenoxy) is 2. The number of amides is 6. The van der Waals surface area contributed by atoms with Crippen LogP contribution in [0.3, 0.4) is 0 Å². The number of aromatic nitrogens is 1. The molecule has 7 rings (SSSR count). The maximum atomic E-state index is 15.0. The van der Waals surface area contributed by atoms with Crippen molar-refractivity contribution in [2.45, 2.75) is 90.6 Å². The van der Waals surface area contributed by atoms with Crippen LogP contribution in [-0.2, 0) is 19.1 Å².